The van der Waals surface area contributed by atoms with Crippen molar-refractivity contribution in [2.24, 2.45) is 0 Å². The molecule has 4 aliphatic rings. The smallest absolute Gasteiger partial charge is 0.245 e. The number of likely N-dealkylation sites (N-methyl/N-ethyl adjacent to an activating group) is 1. The van der Waals surface area contributed by atoms with E-state index in [0.29, 0.717) is 49.4 Å². The molecule has 32 heavy (non-hydrogen) atoms. The second-order valence-electron chi connectivity index (χ2n) is 9.65. The molecular formula is C24H29N3O5. The number of carbonyl (C=O) groups is 3. The first-order valence-corrected chi connectivity index (χ1v) is 11.3. The third-order valence-corrected chi connectivity index (χ3v) is 7.08. The quantitative estimate of drug-likeness (QED) is 0.766. The average Bonchev–Trinajstić information content (AvgIpc) is 2.88. The third-order valence-electron chi connectivity index (χ3n) is 7.08. The molecule has 8 nitrogen and oxygen atoms in total. The van der Waals surface area contributed by atoms with Crippen LogP contribution in [0.25, 0.3) is 0 Å². The molecule has 2 saturated heterocycles. The maximum atomic E-state index is 13.1. The van der Waals surface area contributed by atoms with Crippen molar-refractivity contribution in [1.29, 1.82) is 0 Å². The third kappa shape index (κ3) is 3.42. The number of nitrogens with zero attached hydrogens (tertiary/aromatic N) is 2. The molecule has 4 aliphatic heterocycles. The molecule has 1 aromatic rings. The van der Waals surface area contributed by atoms with Gasteiger partial charge in [0.25, 0.3) is 0 Å². The SMILES string of the molecule is CN1C(=O)C2CCCC(=O)N2CCC1CC1C(=O)Nc2c1ccc1c2OC=CC(C)(C)O1. The number of amides is 3. The van der Waals surface area contributed by atoms with Gasteiger partial charge in [0.05, 0.1) is 17.9 Å². The first kappa shape index (κ1) is 20.8. The highest BCUT2D eigenvalue weighted by Gasteiger charge is 2.43. The van der Waals surface area contributed by atoms with Gasteiger partial charge < -0.3 is 24.6 Å². The summed E-state index contributed by atoms with van der Waals surface area (Å²) in [5.74, 6) is 0.618. The highest BCUT2D eigenvalue weighted by Crippen LogP contribution is 2.48. The number of ether oxygens (including phenoxy) is 2. The van der Waals surface area contributed by atoms with Crippen molar-refractivity contribution < 1.29 is 23.9 Å². The Morgan fingerprint density at radius 3 is 2.81 bits per heavy atom. The van der Waals surface area contributed by atoms with Crippen LogP contribution in [0, 0.1) is 0 Å². The maximum Gasteiger partial charge on any atom is 0.245 e. The molecule has 0 saturated carbocycles. The van der Waals surface area contributed by atoms with Crippen LogP contribution in [0.3, 0.4) is 0 Å². The fraction of sp³-hybridized carbons (Fsp3) is 0.542. The first-order chi connectivity index (χ1) is 15.2. The van der Waals surface area contributed by atoms with E-state index in [4.69, 9.17) is 9.47 Å². The van der Waals surface area contributed by atoms with Crippen LogP contribution in [-0.4, -0.2) is 58.8 Å². The van der Waals surface area contributed by atoms with Gasteiger partial charge in [0.2, 0.25) is 17.7 Å². The van der Waals surface area contributed by atoms with Crippen LogP contribution in [-0.2, 0) is 14.4 Å². The van der Waals surface area contributed by atoms with E-state index in [-0.39, 0.29) is 29.8 Å². The van der Waals surface area contributed by atoms with Gasteiger partial charge in [-0.15, -0.1) is 0 Å². The van der Waals surface area contributed by atoms with Gasteiger partial charge in [0, 0.05) is 26.1 Å². The number of anilines is 1. The monoisotopic (exact) mass is 439 g/mol. The topological polar surface area (TPSA) is 88.2 Å². The van der Waals surface area contributed by atoms with Crippen LogP contribution in [0.1, 0.15) is 57.4 Å². The lowest BCUT2D eigenvalue weighted by Gasteiger charge is -2.34. The number of hydrogen-bond acceptors (Lipinski definition) is 5. The van der Waals surface area contributed by atoms with Gasteiger partial charge in [0.1, 0.15) is 11.6 Å². The summed E-state index contributed by atoms with van der Waals surface area (Å²) >= 11 is 0. The zero-order valence-corrected chi connectivity index (χ0v) is 18.7. The highest BCUT2D eigenvalue weighted by molar-refractivity contribution is 6.05. The summed E-state index contributed by atoms with van der Waals surface area (Å²) in [6.45, 7) is 4.42. The number of fused-ring (bicyclic) bond motifs is 4. The van der Waals surface area contributed by atoms with Crippen molar-refractivity contribution >= 4 is 23.4 Å². The Balaban J connectivity index is 1.41. The van der Waals surface area contributed by atoms with Crippen LogP contribution >= 0.6 is 0 Å². The zero-order valence-electron chi connectivity index (χ0n) is 18.7. The molecule has 3 atom stereocenters. The van der Waals surface area contributed by atoms with E-state index >= 15 is 0 Å². The summed E-state index contributed by atoms with van der Waals surface area (Å²) in [6.07, 6.45) is 6.55. The fourth-order valence-corrected chi connectivity index (χ4v) is 5.27. The zero-order chi connectivity index (χ0) is 22.6. The molecule has 0 spiro atoms. The molecule has 0 aliphatic carbocycles. The largest absolute Gasteiger partial charge is 0.480 e. The molecule has 1 N–H and O–H groups in total. The fourth-order valence-electron chi connectivity index (χ4n) is 5.27. The van der Waals surface area contributed by atoms with Crippen molar-refractivity contribution in [3.8, 4) is 11.5 Å². The van der Waals surface area contributed by atoms with Gasteiger partial charge in [0.15, 0.2) is 11.5 Å². The maximum absolute atomic E-state index is 13.1. The van der Waals surface area contributed by atoms with E-state index in [1.54, 1.807) is 23.1 Å². The van der Waals surface area contributed by atoms with Gasteiger partial charge >= 0.3 is 0 Å². The molecule has 3 unspecified atom stereocenters. The van der Waals surface area contributed by atoms with Gasteiger partial charge in [-0.3, -0.25) is 14.4 Å². The Morgan fingerprint density at radius 1 is 1.19 bits per heavy atom. The molecule has 0 aromatic heterocycles. The Kier molecular flexibility index (Phi) is 4.91. The summed E-state index contributed by atoms with van der Waals surface area (Å²) in [5, 5.41) is 2.97. The molecule has 0 bridgehead atoms. The number of rotatable bonds is 2. The first-order valence-electron chi connectivity index (χ1n) is 11.3. The Labute approximate surface area is 187 Å². The van der Waals surface area contributed by atoms with Crippen LogP contribution in [0.2, 0.25) is 0 Å². The Bertz CT molecular complexity index is 1020. The van der Waals surface area contributed by atoms with Crippen molar-refractivity contribution in [2.75, 3.05) is 18.9 Å². The standard InChI is InChI=1S/C24H29N3O5/c1-24(2)10-12-31-21-18(32-24)8-7-15-16(22(29)25-20(15)21)13-14-9-11-27-17(23(30)26(14)3)5-4-6-19(27)28/h7-8,10,12,14,16-17H,4-6,9,11,13H2,1-3H3,(H,25,29). The Hall–Kier alpha value is -3.03. The molecule has 1 aromatic carbocycles. The van der Waals surface area contributed by atoms with E-state index in [1.165, 1.54) is 0 Å². The van der Waals surface area contributed by atoms with Gasteiger partial charge in [-0.2, -0.15) is 0 Å². The van der Waals surface area contributed by atoms with Crippen molar-refractivity contribution in [1.82, 2.24) is 9.80 Å². The minimum atomic E-state index is -0.519. The summed E-state index contributed by atoms with van der Waals surface area (Å²) in [7, 11) is 1.80. The van der Waals surface area contributed by atoms with Crippen LogP contribution in [0.15, 0.2) is 24.5 Å². The second-order valence-corrected chi connectivity index (χ2v) is 9.65. The van der Waals surface area contributed by atoms with Crippen molar-refractivity contribution in [3.63, 3.8) is 0 Å². The number of carbonyl (C=O) groups excluding carboxylic acids is 3. The van der Waals surface area contributed by atoms with E-state index in [1.807, 2.05) is 32.1 Å². The molecule has 0 radical (unpaired) electrons. The van der Waals surface area contributed by atoms with Crippen molar-refractivity contribution in [2.45, 2.75) is 69.6 Å². The molecular weight excluding hydrogens is 410 g/mol. The predicted octanol–water partition coefficient (Wildman–Crippen LogP) is 2.79. The van der Waals surface area contributed by atoms with E-state index < -0.39 is 11.5 Å². The van der Waals surface area contributed by atoms with Gasteiger partial charge in [-0.05, 0) is 57.2 Å². The number of piperidine rings is 1. The number of benzene rings is 1. The second kappa shape index (κ2) is 7.53. The van der Waals surface area contributed by atoms with Crippen LogP contribution in [0.5, 0.6) is 11.5 Å². The van der Waals surface area contributed by atoms with E-state index in [0.717, 1.165) is 12.0 Å². The molecule has 4 heterocycles. The highest BCUT2D eigenvalue weighted by atomic mass is 16.5. The summed E-state index contributed by atoms with van der Waals surface area (Å²) < 4.78 is 11.9. The summed E-state index contributed by atoms with van der Waals surface area (Å²) in [6, 6.07) is 3.26. The number of nitrogens with one attached hydrogen (secondary N) is 1. The molecule has 3 amide bonds. The number of hydrogen-bond donors (Lipinski definition) is 1. The lowest BCUT2D eigenvalue weighted by Crippen LogP contribution is -2.50. The summed E-state index contributed by atoms with van der Waals surface area (Å²) in [5.41, 5.74) is 0.966. The average molecular weight is 440 g/mol. The Morgan fingerprint density at radius 2 is 2.00 bits per heavy atom. The minimum absolute atomic E-state index is 0.0230. The molecule has 5 rings (SSSR count). The van der Waals surface area contributed by atoms with Gasteiger partial charge in [-0.1, -0.05) is 6.07 Å². The molecule has 8 heteroatoms. The normalized spacial score (nSPS) is 28.6. The minimum Gasteiger partial charge on any atom is -0.480 e. The van der Waals surface area contributed by atoms with Crippen molar-refractivity contribution in [3.05, 3.63) is 30.0 Å². The molecule has 170 valence electrons. The van der Waals surface area contributed by atoms with Crippen LogP contribution < -0.4 is 14.8 Å². The molecule has 2 fully saturated rings. The lowest BCUT2D eigenvalue weighted by atomic mass is 9.91. The van der Waals surface area contributed by atoms with E-state index in [9.17, 15) is 14.4 Å². The van der Waals surface area contributed by atoms with Crippen LogP contribution in [0.4, 0.5) is 5.69 Å². The summed E-state index contributed by atoms with van der Waals surface area (Å²) in [4.78, 5) is 42.0. The van der Waals surface area contributed by atoms with Gasteiger partial charge in [-0.25, -0.2) is 0 Å². The van der Waals surface area contributed by atoms with E-state index in [2.05, 4.69) is 5.32 Å². The predicted molar refractivity (Wildman–Crippen MR) is 117 cm³/mol. The lowest BCUT2D eigenvalue weighted by molar-refractivity contribution is -0.146.